The molecule has 0 heterocycles. The van der Waals surface area contributed by atoms with Crippen LogP contribution in [0.3, 0.4) is 0 Å². The van der Waals surface area contributed by atoms with Gasteiger partial charge in [-0.05, 0) is 30.5 Å². The van der Waals surface area contributed by atoms with Gasteiger partial charge in [0.1, 0.15) is 0 Å². The van der Waals surface area contributed by atoms with Gasteiger partial charge in [-0.25, -0.2) is 0 Å². The van der Waals surface area contributed by atoms with E-state index >= 15 is 0 Å². The fraction of sp³-hybridized carbons (Fsp3) is 0.312. The molecule has 1 aliphatic rings. The normalized spacial score (nSPS) is 20.4. The predicted molar refractivity (Wildman–Crippen MR) is 79.4 cm³/mol. The zero-order valence-electron chi connectivity index (χ0n) is 11.9. The first-order valence-electron chi connectivity index (χ1n) is 6.97. The van der Waals surface area contributed by atoms with Crippen LogP contribution >= 0.6 is 0 Å². The highest BCUT2D eigenvalue weighted by atomic mass is 16.4. The molecule has 0 aliphatic heterocycles. The van der Waals surface area contributed by atoms with Gasteiger partial charge in [0.05, 0.1) is 18.3 Å². The van der Waals surface area contributed by atoms with Gasteiger partial charge in [0.15, 0.2) is 0 Å². The maximum Gasteiger partial charge on any atom is 0.307 e. The van der Waals surface area contributed by atoms with Crippen molar-refractivity contribution < 1.29 is 24.6 Å². The van der Waals surface area contributed by atoms with Crippen molar-refractivity contribution >= 4 is 23.5 Å². The molecule has 0 saturated carbocycles. The van der Waals surface area contributed by atoms with Crippen molar-refractivity contribution in [3.05, 3.63) is 42.0 Å². The van der Waals surface area contributed by atoms with Crippen molar-refractivity contribution in [1.29, 1.82) is 0 Å². The maximum atomic E-state index is 12.2. The third-order valence-corrected chi connectivity index (χ3v) is 3.66. The third kappa shape index (κ3) is 3.94. The molecule has 6 heteroatoms. The molecule has 116 valence electrons. The number of amides is 1. The molecule has 1 amide bonds. The highest BCUT2D eigenvalue weighted by Gasteiger charge is 2.33. The highest BCUT2D eigenvalue weighted by molar-refractivity contribution is 5.95. The molecule has 2 rings (SSSR count). The fourth-order valence-corrected chi connectivity index (χ4v) is 2.49. The third-order valence-electron chi connectivity index (χ3n) is 3.66. The molecule has 0 fully saturated rings. The molecule has 0 aromatic heterocycles. The second-order valence-electron chi connectivity index (χ2n) is 5.25. The van der Waals surface area contributed by atoms with Crippen molar-refractivity contribution in [1.82, 2.24) is 0 Å². The molecule has 0 unspecified atom stereocenters. The van der Waals surface area contributed by atoms with Crippen molar-refractivity contribution in [2.45, 2.75) is 19.3 Å². The number of anilines is 1. The van der Waals surface area contributed by atoms with E-state index in [2.05, 4.69) is 5.32 Å². The summed E-state index contributed by atoms with van der Waals surface area (Å²) in [5.74, 6) is -3.53. The number of hydrogen-bond acceptors (Lipinski definition) is 3. The fourth-order valence-electron chi connectivity index (χ4n) is 2.49. The number of hydrogen-bond donors (Lipinski definition) is 3. The van der Waals surface area contributed by atoms with Gasteiger partial charge in [-0.2, -0.15) is 0 Å². The van der Waals surface area contributed by atoms with Crippen LogP contribution in [-0.4, -0.2) is 28.1 Å². The molecule has 0 spiro atoms. The van der Waals surface area contributed by atoms with Gasteiger partial charge < -0.3 is 15.5 Å². The Bertz CT molecular complexity index is 605. The Morgan fingerprint density at radius 3 is 2.14 bits per heavy atom. The number of aliphatic carboxylic acids is 2. The van der Waals surface area contributed by atoms with E-state index in [1.54, 1.807) is 30.3 Å². The number of benzene rings is 1. The van der Waals surface area contributed by atoms with Crippen LogP contribution in [0.15, 0.2) is 36.4 Å². The zero-order chi connectivity index (χ0) is 16.1. The molecule has 0 saturated heterocycles. The Balaban J connectivity index is 2.03. The van der Waals surface area contributed by atoms with Crippen molar-refractivity contribution in [2.75, 3.05) is 5.32 Å². The topological polar surface area (TPSA) is 104 Å². The summed E-state index contributed by atoms with van der Waals surface area (Å²) in [5.41, 5.74) is 1.16. The molecule has 1 aliphatic carbocycles. The minimum absolute atomic E-state index is 0.0806. The summed E-state index contributed by atoms with van der Waals surface area (Å²) in [7, 11) is 0. The average Bonchev–Trinajstić information content (AvgIpc) is 2.48. The van der Waals surface area contributed by atoms with Gasteiger partial charge >= 0.3 is 11.9 Å². The lowest BCUT2D eigenvalue weighted by Crippen LogP contribution is -2.34. The van der Waals surface area contributed by atoms with Gasteiger partial charge in [-0.15, -0.1) is 0 Å². The van der Waals surface area contributed by atoms with Crippen molar-refractivity contribution in [3.8, 4) is 0 Å². The Hall–Kier alpha value is -2.63. The van der Waals surface area contributed by atoms with E-state index in [1.165, 1.54) is 0 Å². The summed E-state index contributed by atoms with van der Waals surface area (Å²) in [5, 5.41) is 20.6. The Kier molecular flexibility index (Phi) is 4.93. The Labute approximate surface area is 127 Å². The van der Waals surface area contributed by atoms with Gasteiger partial charge in [-0.3, -0.25) is 14.4 Å². The van der Waals surface area contributed by atoms with E-state index < -0.39 is 23.8 Å². The SMILES string of the molecule is O=C(O)Cc1ccc(NC(=O)[C@H]2CC=CC[C@@H]2C(=O)O)cc1. The largest absolute Gasteiger partial charge is 0.481 e. The second kappa shape index (κ2) is 6.89. The molecule has 22 heavy (non-hydrogen) atoms. The number of carboxylic acid groups (broad SMARTS) is 2. The molecule has 0 radical (unpaired) electrons. The minimum Gasteiger partial charge on any atom is -0.481 e. The molecular formula is C16H17NO5. The Morgan fingerprint density at radius 1 is 1.00 bits per heavy atom. The minimum atomic E-state index is -0.971. The first-order valence-corrected chi connectivity index (χ1v) is 6.97. The van der Waals surface area contributed by atoms with Crippen LogP contribution in [0.4, 0.5) is 5.69 Å². The summed E-state index contributed by atoms with van der Waals surface area (Å²) >= 11 is 0. The smallest absolute Gasteiger partial charge is 0.307 e. The zero-order valence-corrected chi connectivity index (χ0v) is 11.9. The van der Waals surface area contributed by atoms with Gasteiger partial charge in [-0.1, -0.05) is 24.3 Å². The number of carbonyl (C=O) groups excluding carboxylic acids is 1. The van der Waals surface area contributed by atoms with E-state index in [1.807, 2.05) is 6.08 Å². The molecular weight excluding hydrogens is 286 g/mol. The Morgan fingerprint density at radius 2 is 1.59 bits per heavy atom. The monoisotopic (exact) mass is 303 g/mol. The van der Waals surface area contributed by atoms with Crippen LogP contribution in [-0.2, 0) is 20.8 Å². The molecule has 6 nitrogen and oxygen atoms in total. The summed E-state index contributed by atoms with van der Waals surface area (Å²) in [4.78, 5) is 34.0. The van der Waals surface area contributed by atoms with E-state index in [0.29, 0.717) is 24.1 Å². The molecule has 2 atom stereocenters. The summed E-state index contributed by atoms with van der Waals surface area (Å²) < 4.78 is 0. The number of rotatable bonds is 5. The number of nitrogens with one attached hydrogen (secondary N) is 1. The van der Waals surface area contributed by atoms with Crippen LogP contribution in [0.1, 0.15) is 18.4 Å². The van der Waals surface area contributed by atoms with Crippen LogP contribution < -0.4 is 5.32 Å². The number of carboxylic acids is 2. The van der Waals surface area contributed by atoms with E-state index in [9.17, 15) is 19.5 Å². The number of allylic oxidation sites excluding steroid dienone is 2. The lowest BCUT2D eigenvalue weighted by molar-refractivity contribution is -0.146. The molecule has 0 bridgehead atoms. The lowest BCUT2D eigenvalue weighted by atomic mass is 9.82. The first-order chi connectivity index (χ1) is 10.5. The second-order valence-corrected chi connectivity index (χ2v) is 5.25. The average molecular weight is 303 g/mol. The van der Waals surface area contributed by atoms with Crippen molar-refractivity contribution in [2.24, 2.45) is 11.8 Å². The van der Waals surface area contributed by atoms with Gasteiger partial charge in [0, 0.05) is 5.69 Å². The van der Waals surface area contributed by atoms with Gasteiger partial charge in [0.2, 0.25) is 5.91 Å². The summed E-state index contributed by atoms with van der Waals surface area (Å²) in [6, 6.07) is 6.48. The molecule has 3 N–H and O–H groups in total. The summed E-state index contributed by atoms with van der Waals surface area (Å²) in [6.45, 7) is 0. The standard InChI is InChI=1S/C16H17NO5/c18-14(19)9-10-5-7-11(8-6-10)17-15(20)12-3-1-2-4-13(12)16(21)22/h1-2,5-8,12-13H,3-4,9H2,(H,17,20)(H,18,19)(H,21,22)/t12-,13-/m0/s1. The molecule has 1 aromatic carbocycles. The van der Waals surface area contributed by atoms with Gasteiger partial charge in [0.25, 0.3) is 0 Å². The quantitative estimate of drug-likeness (QED) is 0.721. The van der Waals surface area contributed by atoms with E-state index in [0.717, 1.165) is 0 Å². The lowest BCUT2D eigenvalue weighted by Gasteiger charge is -2.24. The highest BCUT2D eigenvalue weighted by Crippen LogP contribution is 2.27. The van der Waals surface area contributed by atoms with Crippen LogP contribution in [0.25, 0.3) is 0 Å². The maximum absolute atomic E-state index is 12.2. The van der Waals surface area contributed by atoms with Crippen molar-refractivity contribution in [3.63, 3.8) is 0 Å². The summed E-state index contributed by atoms with van der Waals surface area (Å²) in [6.07, 6.45) is 4.27. The van der Waals surface area contributed by atoms with Crippen LogP contribution in [0.5, 0.6) is 0 Å². The van der Waals surface area contributed by atoms with Crippen LogP contribution in [0, 0.1) is 11.8 Å². The van der Waals surface area contributed by atoms with Crippen LogP contribution in [0.2, 0.25) is 0 Å². The molecule has 1 aromatic rings. The van der Waals surface area contributed by atoms with E-state index in [-0.39, 0.29) is 12.3 Å². The predicted octanol–water partition coefficient (Wildman–Crippen LogP) is 1.92. The first kappa shape index (κ1) is 15.8. The van der Waals surface area contributed by atoms with E-state index in [4.69, 9.17) is 5.11 Å². The number of carbonyl (C=O) groups is 3.